The quantitative estimate of drug-likeness (QED) is 0.167. The summed E-state index contributed by atoms with van der Waals surface area (Å²) in [5.74, 6) is -1.04. The number of methoxy groups -OCH3 is 1. The average Bonchev–Trinajstić information content (AvgIpc) is 3.91. The van der Waals surface area contributed by atoms with Gasteiger partial charge in [0, 0.05) is 50.2 Å². The van der Waals surface area contributed by atoms with E-state index in [0.29, 0.717) is 72.4 Å². The minimum Gasteiger partial charge on any atom is -0.496 e. The molecule has 7 rings (SSSR count). The highest BCUT2D eigenvalue weighted by Gasteiger charge is 2.44. The van der Waals surface area contributed by atoms with Crippen LogP contribution in [0.5, 0.6) is 5.75 Å². The average molecular weight is 775 g/mol. The van der Waals surface area contributed by atoms with Gasteiger partial charge in [-0.25, -0.2) is 4.79 Å². The number of H-pyrrole nitrogens is 1. The van der Waals surface area contributed by atoms with Crippen molar-refractivity contribution >= 4 is 41.1 Å². The van der Waals surface area contributed by atoms with Crippen LogP contribution in [0.1, 0.15) is 60.0 Å². The van der Waals surface area contributed by atoms with Crippen LogP contribution >= 0.6 is 23.2 Å². The van der Waals surface area contributed by atoms with Crippen LogP contribution in [0.25, 0.3) is 11.3 Å². The first-order chi connectivity index (χ1) is 26.1. The SMILES string of the molecule is COc1ccc(-c2cn[nH]n2)cc1C(=O)N1CCC(CCN2CCC(NC(=O)N3CCCC(C(=O)O)C3)(c3ccccc3)CC2)(c2ccc(Cl)c(Cl)c2)C1. The summed E-state index contributed by atoms with van der Waals surface area (Å²) in [6.07, 6.45) is 5.79. The molecule has 3 aliphatic rings. The third-order valence-corrected chi connectivity index (χ3v) is 12.4. The van der Waals surface area contributed by atoms with Gasteiger partial charge >= 0.3 is 12.0 Å². The Bertz CT molecular complexity index is 1970. The van der Waals surface area contributed by atoms with Crippen LogP contribution in [0.3, 0.4) is 0 Å². The molecule has 284 valence electrons. The van der Waals surface area contributed by atoms with Gasteiger partial charge in [-0.15, -0.1) is 0 Å². The highest BCUT2D eigenvalue weighted by Crippen LogP contribution is 2.42. The van der Waals surface area contributed by atoms with Gasteiger partial charge in [-0.2, -0.15) is 15.4 Å². The minimum atomic E-state index is -0.858. The number of likely N-dealkylation sites (tertiary alicyclic amines) is 3. The Kier molecular flexibility index (Phi) is 11.1. The predicted octanol–water partition coefficient (Wildman–Crippen LogP) is 6.46. The molecule has 0 bridgehead atoms. The van der Waals surface area contributed by atoms with E-state index in [4.69, 9.17) is 27.9 Å². The van der Waals surface area contributed by atoms with E-state index in [1.165, 1.54) is 0 Å². The Morgan fingerprint density at radius 1 is 0.944 bits per heavy atom. The number of hydrogen-bond acceptors (Lipinski definition) is 7. The van der Waals surface area contributed by atoms with Gasteiger partial charge in [0.2, 0.25) is 0 Å². The molecular formula is C40H45Cl2N7O5. The van der Waals surface area contributed by atoms with E-state index >= 15 is 0 Å². The van der Waals surface area contributed by atoms with Gasteiger partial charge in [-0.1, -0.05) is 59.6 Å². The number of hydrogen-bond donors (Lipinski definition) is 3. The van der Waals surface area contributed by atoms with Gasteiger partial charge in [-0.3, -0.25) is 9.59 Å². The van der Waals surface area contributed by atoms with Crippen molar-refractivity contribution < 1.29 is 24.2 Å². The van der Waals surface area contributed by atoms with Gasteiger partial charge in [0.05, 0.1) is 40.4 Å². The maximum Gasteiger partial charge on any atom is 0.318 e. The molecular weight excluding hydrogens is 729 g/mol. The molecule has 3 N–H and O–H groups in total. The summed E-state index contributed by atoms with van der Waals surface area (Å²) in [5, 5.41) is 24.7. The molecule has 54 heavy (non-hydrogen) atoms. The number of carbonyl (C=O) groups is 3. The summed E-state index contributed by atoms with van der Waals surface area (Å²) in [4.78, 5) is 45.6. The Balaban J connectivity index is 1.08. The van der Waals surface area contributed by atoms with Gasteiger partial charge in [0.1, 0.15) is 11.4 Å². The fraction of sp³-hybridized carbons (Fsp3) is 0.425. The lowest BCUT2D eigenvalue weighted by atomic mass is 9.76. The highest BCUT2D eigenvalue weighted by atomic mass is 35.5. The van der Waals surface area contributed by atoms with Crippen molar-refractivity contribution in [3.63, 3.8) is 0 Å². The number of aromatic nitrogens is 3. The molecule has 3 amide bonds. The van der Waals surface area contributed by atoms with Gasteiger partial charge < -0.3 is 29.9 Å². The molecule has 0 aliphatic carbocycles. The smallest absolute Gasteiger partial charge is 0.318 e. The number of urea groups is 1. The lowest BCUT2D eigenvalue weighted by Crippen LogP contribution is -2.57. The molecule has 0 radical (unpaired) electrons. The summed E-state index contributed by atoms with van der Waals surface area (Å²) in [6.45, 7) is 4.08. The fourth-order valence-corrected chi connectivity index (χ4v) is 8.72. The fourth-order valence-electron chi connectivity index (χ4n) is 8.42. The number of carbonyl (C=O) groups excluding carboxylic acids is 2. The van der Waals surface area contributed by atoms with E-state index in [9.17, 15) is 19.5 Å². The third kappa shape index (κ3) is 7.78. The number of aliphatic carboxylic acids is 1. The number of amides is 3. The van der Waals surface area contributed by atoms with E-state index in [1.807, 2.05) is 47.4 Å². The number of aromatic amines is 1. The van der Waals surface area contributed by atoms with E-state index in [2.05, 4.69) is 37.8 Å². The number of rotatable bonds is 10. The van der Waals surface area contributed by atoms with E-state index in [-0.39, 0.29) is 23.9 Å². The molecule has 3 aliphatic heterocycles. The molecule has 4 heterocycles. The lowest BCUT2D eigenvalue weighted by molar-refractivity contribution is -0.143. The normalized spacial score (nSPS) is 21.5. The minimum absolute atomic E-state index is 0.121. The largest absolute Gasteiger partial charge is 0.496 e. The molecule has 14 heteroatoms. The topological polar surface area (TPSA) is 144 Å². The molecule has 12 nitrogen and oxygen atoms in total. The van der Waals surface area contributed by atoms with Crippen LogP contribution in [0.15, 0.2) is 72.9 Å². The Morgan fingerprint density at radius 3 is 2.44 bits per heavy atom. The van der Waals surface area contributed by atoms with Crippen molar-refractivity contribution in [2.75, 3.05) is 52.9 Å². The Morgan fingerprint density at radius 2 is 1.74 bits per heavy atom. The molecule has 4 aromatic rings. The molecule has 3 fully saturated rings. The Labute approximate surface area is 324 Å². The molecule has 2 atom stereocenters. The zero-order valence-corrected chi connectivity index (χ0v) is 31.8. The third-order valence-electron chi connectivity index (χ3n) is 11.7. The van der Waals surface area contributed by atoms with E-state index in [0.717, 1.165) is 49.2 Å². The molecule has 2 unspecified atom stereocenters. The second-order valence-electron chi connectivity index (χ2n) is 14.7. The molecule has 1 aromatic heterocycles. The van der Waals surface area contributed by atoms with Gasteiger partial charge in [0.25, 0.3) is 5.91 Å². The molecule has 3 aromatic carbocycles. The first-order valence-corrected chi connectivity index (χ1v) is 19.2. The van der Waals surface area contributed by atoms with Crippen molar-refractivity contribution in [3.8, 4) is 17.0 Å². The predicted molar refractivity (Wildman–Crippen MR) is 206 cm³/mol. The maximum absolute atomic E-state index is 14.2. The van der Waals surface area contributed by atoms with E-state index in [1.54, 1.807) is 30.3 Å². The second-order valence-corrected chi connectivity index (χ2v) is 15.6. The van der Waals surface area contributed by atoms with Crippen LogP contribution in [0, 0.1) is 5.92 Å². The van der Waals surface area contributed by atoms with E-state index < -0.39 is 17.4 Å². The highest BCUT2D eigenvalue weighted by molar-refractivity contribution is 6.42. The van der Waals surface area contributed by atoms with Crippen LogP contribution in [-0.4, -0.2) is 106 Å². The monoisotopic (exact) mass is 773 g/mol. The van der Waals surface area contributed by atoms with Crippen molar-refractivity contribution in [3.05, 3.63) is 99.7 Å². The number of carboxylic acids is 1. The number of nitrogens with one attached hydrogen (secondary N) is 2. The molecule has 0 spiro atoms. The number of halogens is 2. The van der Waals surface area contributed by atoms with Gasteiger partial charge in [0.15, 0.2) is 0 Å². The van der Waals surface area contributed by atoms with Crippen molar-refractivity contribution in [1.29, 1.82) is 0 Å². The zero-order chi connectivity index (χ0) is 37.9. The maximum atomic E-state index is 14.2. The van der Waals surface area contributed by atoms with Crippen LogP contribution in [-0.2, 0) is 15.7 Å². The standard InChI is InChI=1S/C40H45Cl2N7O5/c1-54-35-12-9-27(34-24-43-46-45-34)22-31(35)36(50)49-21-14-39(26-49,30-10-11-32(41)33(42)23-30)13-18-47-19-15-40(16-20-47,29-7-3-2-4-8-29)44-38(53)48-17-5-6-28(25-48)37(51)52/h2-4,7-12,22-24,28H,5-6,13-21,25-26H2,1H3,(H,44,53)(H,51,52)(H,43,45,46). The van der Waals surface area contributed by atoms with Crippen molar-refractivity contribution in [2.45, 2.75) is 49.5 Å². The number of carboxylic acid groups (broad SMARTS) is 1. The van der Waals surface area contributed by atoms with Gasteiger partial charge in [-0.05, 0) is 86.5 Å². The zero-order valence-electron chi connectivity index (χ0n) is 30.3. The lowest BCUT2D eigenvalue weighted by Gasteiger charge is -2.45. The first-order valence-electron chi connectivity index (χ1n) is 18.5. The first kappa shape index (κ1) is 37.7. The number of benzene rings is 3. The van der Waals surface area contributed by atoms with Crippen molar-refractivity contribution in [2.24, 2.45) is 5.92 Å². The summed E-state index contributed by atoms with van der Waals surface area (Å²) >= 11 is 13.0. The molecule has 0 saturated carbocycles. The summed E-state index contributed by atoms with van der Waals surface area (Å²) in [6, 6.07) is 21.1. The second kappa shape index (κ2) is 16.0. The van der Waals surface area contributed by atoms with Crippen LogP contribution in [0.4, 0.5) is 4.79 Å². The summed E-state index contributed by atoms with van der Waals surface area (Å²) in [7, 11) is 1.56. The van der Waals surface area contributed by atoms with Crippen LogP contribution in [0.2, 0.25) is 10.0 Å². The summed E-state index contributed by atoms with van der Waals surface area (Å²) in [5.41, 5.74) is 2.98. The van der Waals surface area contributed by atoms with Crippen LogP contribution < -0.4 is 10.1 Å². The Hall–Kier alpha value is -4.65. The number of ether oxygens (including phenoxy) is 1. The number of piperidine rings is 2. The molecule has 3 saturated heterocycles. The summed E-state index contributed by atoms with van der Waals surface area (Å²) < 4.78 is 5.63. The van der Waals surface area contributed by atoms with Crippen molar-refractivity contribution in [1.82, 2.24) is 35.4 Å². The number of nitrogens with zero attached hydrogens (tertiary/aromatic N) is 5.